The molecule has 3 saturated heterocycles. The van der Waals surface area contributed by atoms with Gasteiger partial charge in [-0.15, -0.1) is 0 Å². The van der Waals surface area contributed by atoms with Crippen molar-refractivity contribution in [2.24, 2.45) is 11.8 Å². The van der Waals surface area contributed by atoms with Crippen LogP contribution in [-0.2, 0) is 28.4 Å². The molecule has 0 radical (unpaired) electrons. The van der Waals surface area contributed by atoms with Crippen molar-refractivity contribution in [1.29, 1.82) is 0 Å². The highest BCUT2D eigenvalue weighted by molar-refractivity contribution is 5.07. The summed E-state index contributed by atoms with van der Waals surface area (Å²) in [5.41, 5.74) is 0. The van der Waals surface area contributed by atoms with Crippen molar-refractivity contribution in [2.75, 3.05) is 19.8 Å². The molecular weight excluding hydrogens is 532 g/mol. The van der Waals surface area contributed by atoms with Crippen LogP contribution >= 0.6 is 0 Å². The lowest BCUT2D eigenvalue weighted by atomic mass is 9.89. The lowest BCUT2D eigenvalue weighted by Gasteiger charge is -2.30. The van der Waals surface area contributed by atoms with E-state index in [1.165, 1.54) is 19.3 Å². The van der Waals surface area contributed by atoms with E-state index in [9.17, 15) is 5.11 Å². The second-order valence-electron chi connectivity index (χ2n) is 12.9. The molecule has 0 aromatic carbocycles. The molecule has 4 aliphatic rings. The molecule has 0 amide bonds. The van der Waals surface area contributed by atoms with Crippen molar-refractivity contribution in [3.05, 3.63) is 24.3 Å². The van der Waals surface area contributed by atoms with E-state index in [1.807, 2.05) is 6.92 Å². The van der Waals surface area contributed by atoms with E-state index >= 15 is 0 Å². The Kier molecular flexibility index (Phi) is 15.9. The Bertz CT molecular complexity index is 752. The highest BCUT2D eigenvalue weighted by Gasteiger charge is 2.45. The number of aliphatic hydroxyl groups is 1. The zero-order chi connectivity index (χ0) is 29.4. The van der Waals surface area contributed by atoms with E-state index in [0.717, 1.165) is 110 Å². The molecule has 4 unspecified atom stereocenters. The quantitative estimate of drug-likeness (QED) is 0.138. The number of unbranched alkanes of at least 4 members (excludes halogenated alkanes) is 2. The van der Waals surface area contributed by atoms with Crippen LogP contribution in [-0.4, -0.2) is 68.2 Å². The molecule has 242 valence electrons. The van der Waals surface area contributed by atoms with Crippen LogP contribution in [0.5, 0.6) is 0 Å². The van der Waals surface area contributed by atoms with E-state index in [0.29, 0.717) is 0 Å². The summed E-state index contributed by atoms with van der Waals surface area (Å²) in [6.07, 6.45) is 26.3. The minimum atomic E-state index is -0.276. The Morgan fingerprint density at radius 3 is 2.02 bits per heavy atom. The van der Waals surface area contributed by atoms with Crippen LogP contribution < -0.4 is 0 Å². The third-order valence-electron chi connectivity index (χ3n) is 9.23. The maximum atomic E-state index is 9.71. The zero-order valence-electron chi connectivity index (χ0n) is 26.5. The molecular formula is C35H60O7. The highest BCUT2D eigenvalue weighted by atomic mass is 16.7. The molecule has 0 aromatic rings. The Morgan fingerprint density at radius 2 is 1.43 bits per heavy atom. The third-order valence-corrected chi connectivity index (χ3v) is 9.23. The Balaban J connectivity index is 1.51. The number of allylic oxidation sites excluding steroid dienone is 2. The number of aliphatic hydroxyl groups excluding tert-OH is 1. The van der Waals surface area contributed by atoms with Gasteiger partial charge in [-0.1, -0.05) is 50.5 Å². The van der Waals surface area contributed by atoms with Gasteiger partial charge >= 0.3 is 0 Å². The smallest absolute Gasteiger partial charge is 0.158 e. The van der Waals surface area contributed by atoms with Gasteiger partial charge in [0.25, 0.3) is 0 Å². The first-order valence-electron chi connectivity index (χ1n) is 17.4. The van der Waals surface area contributed by atoms with E-state index < -0.39 is 0 Å². The summed E-state index contributed by atoms with van der Waals surface area (Å²) in [4.78, 5) is 0. The van der Waals surface area contributed by atoms with Crippen LogP contribution in [0.1, 0.15) is 123 Å². The number of rotatable bonds is 17. The Hall–Kier alpha value is -0.800. The van der Waals surface area contributed by atoms with Crippen LogP contribution in [0.25, 0.3) is 0 Å². The van der Waals surface area contributed by atoms with Crippen molar-refractivity contribution in [3.8, 4) is 0 Å². The number of hydrogen-bond donors (Lipinski definition) is 1. The molecule has 42 heavy (non-hydrogen) atoms. The first-order chi connectivity index (χ1) is 20.6. The standard InChI is InChI=1S/C35H60O7/c1-3-4-6-16-28(40-33-18-9-12-23-37-33)21-22-30-29(17-8-5-7-15-27(2)36)31(41-34-19-10-13-24-38-34)26-32(30)42-35-20-11-14-25-39-35/h5,8,21-22,27-36H,3-4,6-7,9-20,23-26H2,1-2H3/b8-5-,22-21+/t27?,28?,29-,30-,31+,32-,33+,34?,35?/m1/s1. The SMILES string of the molecule is CCCCCC(/C=C/[C@@H]1[C@@H](C/C=C\CCC(C)O)[C@@H](OC2CCCCO2)C[C@H]1OC1CCCCO1)O[C@H]1CCCCO1. The Morgan fingerprint density at radius 1 is 0.786 bits per heavy atom. The first kappa shape index (κ1) is 34.1. The van der Waals surface area contributed by atoms with Gasteiger partial charge in [-0.3, -0.25) is 0 Å². The van der Waals surface area contributed by atoms with Gasteiger partial charge in [0.15, 0.2) is 18.9 Å². The number of hydrogen-bond acceptors (Lipinski definition) is 7. The fourth-order valence-electron chi connectivity index (χ4n) is 6.77. The normalized spacial score (nSPS) is 34.3. The third kappa shape index (κ3) is 11.9. The van der Waals surface area contributed by atoms with Gasteiger partial charge in [0.1, 0.15) is 0 Å². The topological polar surface area (TPSA) is 75.6 Å². The van der Waals surface area contributed by atoms with E-state index in [2.05, 4.69) is 31.2 Å². The van der Waals surface area contributed by atoms with Crippen LogP contribution in [0.2, 0.25) is 0 Å². The predicted octanol–water partition coefficient (Wildman–Crippen LogP) is 7.60. The average molecular weight is 593 g/mol. The van der Waals surface area contributed by atoms with Gasteiger partial charge in [-0.25, -0.2) is 0 Å². The van der Waals surface area contributed by atoms with Crippen molar-refractivity contribution in [2.45, 2.75) is 166 Å². The van der Waals surface area contributed by atoms with Gasteiger partial charge in [-0.05, 0) is 96.3 Å². The summed E-state index contributed by atoms with van der Waals surface area (Å²) in [6, 6.07) is 0. The number of ether oxygens (including phenoxy) is 6. The van der Waals surface area contributed by atoms with Gasteiger partial charge in [-0.2, -0.15) is 0 Å². The van der Waals surface area contributed by atoms with E-state index in [-0.39, 0.29) is 55.1 Å². The highest BCUT2D eigenvalue weighted by Crippen LogP contribution is 2.42. The fourth-order valence-corrected chi connectivity index (χ4v) is 6.77. The van der Waals surface area contributed by atoms with Crippen molar-refractivity contribution in [1.82, 2.24) is 0 Å². The maximum Gasteiger partial charge on any atom is 0.158 e. The van der Waals surface area contributed by atoms with E-state index in [1.54, 1.807) is 0 Å². The molecule has 0 aromatic heterocycles. The molecule has 4 fully saturated rings. The van der Waals surface area contributed by atoms with Crippen LogP contribution in [0.4, 0.5) is 0 Å². The summed E-state index contributed by atoms with van der Waals surface area (Å²) in [5.74, 6) is 0.459. The monoisotopic (exact) mass is 592 g/mol. The summed E-state index contributed by atoms with van der Waals surface area (Å²) in [6.45, 7) is 6.45. The summed E-state index contributed by atoms with van der Waals surface area (Å²) in [5, 5.41) is 9.71. The molecule has 3 heterocycles. The zero-order valence-corrected chi connectivity index (χ0v) is 26.5. The largest absolute Gasteiger partial charge is 0.393 e. The molecule has 0 bridgehead atoms. The van der Waals surface area contributed by atoms with Crippen LogP contribution in [0.3, 0.4) is 0 Å². The van der Waals surface area contributed by atoms with E-state index in [4.69, 9.17) is 28.4 Å². The maximum absolute atomic E-state index is 9.71. The molecule has 4 rings (SSSR count). The molecule has 0 spiro atoms. The molecule has 1 aliphatic carbocycles. The minimum Gasteiger partial charge on any atom is -0.393 e. The second kappa shape index (κ2) is 19.6. The second-order valence-corrected chi connectivity index (χ2v) is 12.9. The van der Waals surface area contributed by atoms with Gasteiger partial charge < -0.3 is 33.5 Å². The van der Waals surface area contributed by atoms with Gasteiger partial charge in [0.05, 0.1) is 24.4 Å². The van der Waals surface area contributed by atoms with Gasteiger partial charge in [0.2, 0.25) is 0 Å². The molecule has 9 atom stereocenters. The van der Waals surface area contributed by atoms with Crippen LogP contribution in [0, 0.1) is 11.8 Å². The summed E-state index contributed by atoms with van der Waals surface area (Å²) in [7, 11) is 0. The summed E-state index contributed by atoms with van der Waals surface area (Å²) < 4.78 is 38.0. The van der Waals surface area contributed by atoms with Crippen LogP contribution in [0.15, 0.2) is 24.3 Å². The molecule has 1 saturated carbocycles. The summed E-state index contributed by atoms with van der Waals surface area (Å²) >= 11 is 0. The van der Waals surface area contributed by atoms with Crippen molar-refractivity contribution >= 4 is 0 Å². The molecule has 7 heteroatoms. The average Bonchev–Trinajstić information content (AvgIpc) is 3.32. The van der Waals surface area contributed by atoms with Gasteiger partial charge in [0, 0.05) is 32.2 Å². The first-order valence-corrected chi connectivity index (χ1v) is 17.4. The predicted molar refractivity (Wildman–Crippen MR) is 165 cm³/mol. The molecule has 3 aliphatic heterocycles. The minimum absolute atomic E-state index is 0.0241. The molecule has 7 nitrogen and oxygen atoms in total. The van der Waals surface area contributed by atoms with Crippen molar-refractivity contribution in [3.63, 3.8) is 0 Å². The lowest BCUT2D eigenvalue weighted by Crippen LogP contribution is -2.31. The Labute approximate surface area is 255 Å². The van der Waals surface area contributed by atoms with Crippen molar-refractivity contribution < 1.29 is 33.5 Å². The molecule has 1 N–H and O–H groups in total. The fraction of sp³-hybridized carbons (Fsp3) is 0.886. The lowest BCUT2D eigenvalue weighted by molar-refractivity contribution is -0.203.